The molecule has 1 aliphatic carbocycles. The second-order valence-corrected chi connectivity index (χ2v) is 8.73. The van der Waals surface area contributed by atoms with Crippen LogP contribution in [0.1, 0.15) is 40.8 Å². The van der Waals surface area contributed by atoms with Gasteiger partial charge in [-0.3, -0.25) is 0 Å². The number of hydrogen-bond acceptors (Lipinski definition) is 3. The van der Waals surface area contributed by atoms with Gasteiger partial charge in [-0.1, -0.05) is 84.9 Å². The average molecular weight is 441 g/mol. The lowest BCUT2D eigenvalue weighted by atomic mass is 9.79. The van der Waals surface area contributed by atoms with Gasteiger partial charge in [0, 0.05) is 6.42 Å². The lowest BCUT2D eigenvalue weighted by molar-refractivity contribution is -0.176. The van der Waals surface area contributed by atoms with E-state index in [1.807, 2.05) is 84.9 Å². The molecule has 1 N–H and O–H groups in total. The molecule has 7 heteroatoms. The predicted octanol–water partition coefficient (Wildman–Crippen LogP) is 4.24. The van der Waals surface area contributed by atoms with Crippen molar-refractivity contribution in [2.45, 2.75) is 37.7 Å². The van der Waals surface area contributed by atoms with Crippen LogP contribution in [-0.4, -0.2) is 43.3 Å². The highest BCUT2D eigenvalue weighted by molar-refractivity contribution is 5.88. The second-order valence-electron chi connectivity index (χ2n) is 8.73. The van der Waals surface area contributed by atoms with Crippen molar-refractivity contribution in [3.05, 3.63) is 107 Å². The van der Waals surface area contributed by atoms with E-state index < -0.39 is 12.1 Å². The first-order valence-electron chi connectivity index (χ1n) is 11.2. The second kappa shape index (κ2) is 7.64. The number of nitrogens with zero attached hydrogens (tertiary/aromatic N) is 4. The summed E-state index contributed by atoms with van der Waals surface area (Å²) in [4.78, 5) is 27.9. The third-order valence-electron chi connectivity index (χ3n) is 6.77. The van der Waals surface area contributed by atoms with E-state index in [1.54, 1.807) is 5.01 Å². The number of hydrazine groups is 2. The molecule has 0 spiro atoms. The van der Waals surface area contributed by atoms with E-state index in [4.69, 9.17) is 0 Å². The number of aliphatic hydroxyl groups excluding tert-OH is 1. The van der Waals surface area contributed by atoms with E-state index in [-0.39, 0.29) is 31.2 Å². The molecular weight excluding hydrogens is 416 g/mol. The van der Waals surface area contributed by atoms with Crippen LogP contribution in [0.25, 0.3) is 0 Å². The van der Waals surface area contributed by atoms with Crippen LogP contribution in [-0.2, 0) is 13.1 Å². The molecule has 0 radical (unpaired) electrons. The van der Waals surface area contributed by atoms with E-state index in [2.05, 4.69) is 0 Å². The summed E-state index contributed by atoms with van der Waals surface area (Å²) in [6.07, 6.45) is -0.313. The minimum atomic E-state index is -0.725. The van der Waals surface area contributed by atoms with Crippen molar-refractivity contribution in [1.29, 1.82) is 0 Å². The Kier molecular flexibility index (Phi) is 4.58. The van der Waals surface area contributed by atoms with E-state index in [1.165, 1.54) is 15.0 Å². The van der Waals surface area contributed by atoms with Crippen molar-refractivity contribution in [3.8, 4) is 0 Å². The van der Waals surface area contributed by atoms with Crippen molar-refractivity contribution in [3.63, 3.8) is 0 Å². The lowest BCUT2D eigenvalue weighted by Gasteiger charge is -2.60. The number of fused-ring (bicyclic) bond motifs is 1. The molecule has 7 rings (SSSR count). The van der Waals surface area contributed by atoms with Crippen molar-refractivity contribution < 1.29 is 14.7 Å². The molecule has 3 aromatic carbocycles. The molecule has 3 aliphatic heterocycles. The highest BCUT2D eigenvalue weighted by Gasteiger charge is 2.57. The van der Waals surface area contributed by atoms with Crippen LogP contribution in [0, 0.1) is 0 Å². The molecule has 7 nitrogen and oxygen atoms in total. The van der Waals surface area contributed by atoms with Crippen molar-refractivity contribution in [2.24, 2.45) is 0 Å². The van der Waals surface area contributed by atoms with Gasteiger partial charge in [0.25, 0.3) is 0 Å². The van der Waals surface area contributed by atoms with Crippen LogP contribution < -0.4 is 0 Å². The van der Waals surface area contributed by atoms with Gasteiger partial charge in [-0.2, -0.15) is 0 Å². The molecule has 3 atom stereocenters. The number of benzene rings is 3. The van der Waals surface area contributed by atoms with Gasteiger partial charge in [-0.05, 0) is 22.3 Å². The Bertz CT molecular complexity index is 1200. The zero-order valence-corrected chi connectivity index (χ0v) is 18.0. The molecular formula is C26H24N4O3. The van der Waals surface area contributed by atoms with Gasteiger partial charge < -0.3 is 5.11 Å². The quantitative estimate of drug-likeness (QED) is 0.660. The number of rotatable bonds is 4. The molecule has 3 unspecified atom stereocenters. The highest BCUT2D eigenvalue weighted by Crippen LogP contribution is 2.51. The highest BCUT2D eigenvalue weighted by atomic mass is 16.3. The maximum Gasteiger partial charge on any atom is 0.358 e. The van der Waals surface area contributed by atoms with Gasteiger partial charge in [0.05, 0.1) is 25.2 Å². The molecule has 0 aromatic heterocycles. The van der Waals surface area contributed by atoms with Crippen LogP contribution >= 0.6 is 0 Å². The van der Waals surface area contributed by atoms with Crippen LogP contribution in [0.5, 0.6) is 0 Å². The summed E-state index contributed by atoms with van der Waals surface area (Å²) in [7, 11) is 0. The summed E-state index contributed by atoms with van der Waals surface area (Å²) in [5.41, 5.74) is 3.78. The number of aliphatic hydroxyl groups is 1. The summed E-state index contributed by atoms with van der Waals surface area (Å²) >= 11 is 0. The standard InChI is InChI=1S/C26H24N4O3/c31-23-15-22-20-13-7-8-14-21(20)24(23)30-26(33)28(17-19-11-5-2-6-12-19)27(25(32)29(22)30)16-18-9-3-1-4-10-18/h1-14,22-24,31H,15-17H2. The molecule has 0 saturated carbocycles. The third kappa shape index (κ3) is 3.08. The van der Waals surface area contributed by atoms with Crippen LogP contribution in [0.15, 0.2) is 84.9 Å². The van der Waals surface area contributed by atoms with Gasteiger partial charge in [0.2, 0.25) is 0 Å². The number of carbonyl (C=O) groups excluding carboxylic acids is 2. The Balaban J connectivity index is 1.44. The van der Waals surface area contributed by atoms with Gasteiger partial charge in [-0.15, -0.1) is 0 Å². The number of hydrogen-bond donors (Lipinski definition) is 1. The maximum atomic E-state index is 14.0. The normalized spacial score (nSPS) is 23.6. The van der Waals surface area contributed by atoms with Crippen LogP contribution in [0.4, 0.5) is 9.59 Å². The first-order chi connectivity index (χ1) is 16.1. The molecule has 3 aromatic rings. The Morgan fingerprint density at radius 1 is 0.667 bits per heavy atom. The van der Waals surface area contributed by atoms with E-state index in [9.17, 15) is 14.7 Å². The SMILES string of the molecule is O=C1N(Cc2ccccc2)N(Cc2ccccc2)C(=O)N2C3c4ccccc4C(CC3O)N12. The summed E-state index contributed by atoms with van der Waals surface area (Å²) in [6.45, 7) is 0.544. The lowest BCUT2D eigenvalue weighted by Crippen LogP contribution is -2.73. The zero-order valence-electron chi connectivity index (χ0n) is 18.0. The minimum absolute atomic E-state index is 0.259. The predicted molar refractivity (Wildman–Crippen MR) is 121 cm³/mol. The maximum absolute atomic E-state index is 14.0. The third-order valence-corrected chi connectivity index (χ3v) is 6.77. The molecule has 3 heterocycles. The number of carbonyl (C=O) groups is 2. The fourth-order valence-electron chi connectivity index (χ4n) is 5.28. The van der Waals surface area contributed by atoms with Gasteiger partial charge in [-0.25, -0.2) is 29.6 Å². The first kappa shape index (κ1) is 19.8. The van der Waals surface area contributed by atoms with Crippen LogP contribution in [0.3, 0.4) is 0 Å². The van der Waals surface area contributed by atoms with Crippen molar-refractivity contribution >= 4 is 12.1 Å². The Morgan fingerprint density at radius 2 is 1.15 bits per heavy atom. The Hall–Kier alpha value is -3.84. The van der Waals surface area contributed by atoms with Gasteiger partial charge >= 0.3 is 12.1 Å². The Morgan fingerprint density at radius 3 is 1.73 bits per heavy atom. The van der Waals surface area contributed by atoms with E-state index in [0.29, 0.717) is 6.42 Å². The van der Waals surface area contributed by atoms with Crippen molar-refractivity contribution in [2.75, 3.05) is 0 Å². The van der Waals surface area contributed by atoms with E-state index in [0.717, 1.165) is 22.3 Å². The van der Waals surface area contributed by atoms with Gasteiger partial charge in [0.15, 0.2) is 0 Å². The number of amides is 4. The molecule has 4 aliphatic rings. The summed E-state index contributed by atoms with van der Waals surface area (Å²) in [6, 6.07) is 25.6. The largest absolute Gasteiger partial charge is 0.390 e. The Labute approximate surface area is 192 Å². The van der Waals surface area contributed by atoms with Crippen LogP contribution in [0.2, 0.25) is 0 Å². The van der Waals surface area contributed by atoms with Gasteiger partial charge in [0.1, 0.15) is 6.04 Å². The molecule has 2 bridgehead atoms. The smallest absolute Gasteiger partial charge is 0.358 e. The minimum Gasteiger partial charge on any atom is -0.390 e. The molecule has 33 heavy (non-hydrogen) atoms. The summed E-state index contributed by atoms with van der Waals surface area (Å²) in [5, 5.41) is 17.0. The molecule has 4 amide bonds. The topological polar surface area (TPSA) is 67.3 Å². The summed E-state index contributed by atoms with van der Waals surface area (Å²) in [5.74, 6) is 0. The van der Waals surface area contributed by atoms with Crippen molar-refractivity contribution in [1.82, 2.24) is 20.0 Å². The number of urea groups is 2. The average Bonchev–Trinajstić information content (AvgIpc) is 2.85. The monoisotopic (exact) mass is 440 g/mol. The fraction of sp³-hybridized carbons (Fsp3) is 0.231. The fourth-order valence-corrected chi connectivity index (χ4v) is 5.28. The molecule has 2 fully saturated rings. The molecule has 2 saturated heterocycles. The summed E-state index contributed by atoms with van der Waals surface area (Å²) < 4.78 is 0. The van der Waals surface area contributed by atoms with E-state index >= 15 is 0 Å². The zero-order chi connectivity index (χ0) is 22.5. The first-order valence-corrected chi connectivity index (χ1v) is 11.2. The molecule has 166 valence electrons.